The number of unbranched alkanes of at least 4 members (excludes halogenated alkanes) is 1. The zero-order valence-corrected chi connectivity index (χ0v) is 21.6. The van der Waals surface area contributed by atoms with Crippen molar-refractivity contribution in [3.05, 3.63) is 82.9 Å². The van der Waals surface area contributed by atoms with Crippen LogP contribution in [0.2, 0.25) is 0 Å². The molecule has 0 fully saturated rings. The molecule has 0 aromatic heterocycles. The number of hydrogen-bond donors (Lipinski definition) is 1. The number of nitrogens with zero attached hydrogens (tertiary/aromatic N) is 1. The van der Waals surface area contributed by atoms with E-state index in [-0.39, 0.29) is 12.4 Å². The second kappa shape index (κ2) is 13.7. The lowest BCUT2D eigenvalue weighted by molar-refractivity contribution is -0.123. The highest BCUT2D eigenvalue weighted by Crippen LogP contribution is 2.28. The molecule has 0 radical (unpaired) electrons. The molecular formula is C29H32N2O6. The van der Waals surface area contributed by atoms with Gasteiger partial charge in [-0.05, 0) is 91.6 Å². The van der Waals surface area contributed by atoms with Crippen LogP contribution >= 0.6 is 0 Å². The lowest BCUT2D eigenvalue weighted by Crippen LogP contribution is -2.24. The number of benzene rings is 3. The number of hydrazone groups is 1. The summed E-state index contributed by atoms with van der Waals surface area (Å²) in [6.07, 6.45) is 3.48. The highest BCUT2D eigenvalue weighted by atomic mass is 16.6. The van der Waals surface area contributed by atoms with Gasteiger partial charge in [0.15, 0.2) is 18.1 Å². The van der Waals surface area contributed by atoms with E-state index in [1.54, 1.807) is 42.5 Å². The maximum Gasteiger partial charge on any atom is 0.343 e. The number of carbonyl (C=O) groups excluding carboxylic acids is 2. The molecule has 8 nitrogen and oxygen atoms in total. The third-order valence-electron chi connectivity index (χ3n) is 5.50. The Morgan fingerprint density at radius 2 is 1.65 bits per heavy atom. The molecule has 37 heavy (non-hydrogen) atoms. The van der Waals surface area contributed by atoms with Gasteiger partial charge in [-0.2, -0.15) is 5.10 Å². The minimum atomic E-state index is -0.518. The molecule has 0 unspecified atom stereocenters. The number of methoxy groups -OCH3 is 1. The number of amides is 1. The van der Waals surface area contributed by atoms with Gasteiger partial charge in [-0.1, -0.05) is 19.4 Å². The molecule has 0 aliphatic rings. The fourth-order valence-corrected chi connectivity index (χ4v) is 3.19. The first kappa shape index (κ1) is 27.3. The first-order valence-electron chi connectivity index (χ1n) is 12.0. The maximum absolute atomic E-state index is 12.6. The van der Waals surface area contributed by atoms with Crippen LogP contribution in [0.4, 0.5) is 0 Å². The summed E-state index contributed by atoms with van der Waals surface area (Å²) in [4.78, 5) is 24.6. The SMILES string of the molecule is CCCCOc1ccc(C(=O)Oc2ccc(C=NNC(=O)COc3ccc(C)c(C)c3)cc2OC)cc1. The van der Waals surface area contributed by atoms with Crippen LogP contribution in [0.1, 0.15) is 46.8 Å². The van der Waals surface area contributed by atoms with Gasteiger partial charge in [0.2, 0.25) is 0 Å². The summed E-state index contributed by atoms with van der Waals surface area (Å²) >= 11 is 0. The van der Waals surface area contributed by atoms with E-state index in [0.29, 0.717) is 35.0 Å². The van der Waals surface area contributed by atoms with E-state index in [9.17, 15) is 9.59 Å². The fourth-order valence-electron chi connectivity index (χ4n) is 3.19. The van der Waals surface area contributed by atoms with E-state index >= 15 is 0 Å². The smallest absolute Gasteiger partial charge is 0.343 e. The third kappa shape index (κ3) is 8.38. The Morgan fingerprint density at radius 1 is 0.892 bits per heavy atom. The summed E-state index contributed by atoms with van der Waals surface area (Å²) in [5.41, 5.74) is 5.69. The number of nitrogens with one attached hydrogen (secondary N) is 1. The van der Waals surface area contributed by atoms with Crippen LogP contribution in [-0.4, -0.2) is 38.4 Å². The monoisotopic (exact) mass is 504 g/mol. The third-order valence-corrected chi connectivity index (χ3v) is 5.50. The normalized spacial score (nSPS) is 10.7. The molecule has 0 saturated carbocycles. The highest BCUT2D eigenvalue weighted by Gasteiger charge is 2.13. The van der Waals surface area contributed by atoms with Crippen molar-refractivity contribution in [2.75, 3.05) is 20.3 Å². The van der Waals surface area contributed by atoms with E-state index in [1.807, 2.05) is 32.0 Å². The van der Waals surface area contributed by atoms with Gasteiger partial charge in [-0.25, -0.2) is 10.2 Å². The Bertz CT molecular complexity index is 1240. The van der Waals surface area contributed by atoms with Crippen molar-refractivity contribution in [3.63, 3.8) is 0 Å². The van der Waals surface area contributed by atoms with Crippen molar-refractivity contribution in [2.45, 2.75) is 33.6 Å². The van der Waals surface area contributed by atoms with Crippen LogP contribution in [0.3, 0.4) is 0 Å². The molecule has 3 rings (SSSR count). The molecule has 0 spiro atoms. The summed E-state index contributed by atoms with van der Waals surface area (Å²) in [5, 5.41) is 3.95. The molecular weight excluding hydrogens is 472 g/mol. The Labute approximate surface area is 217 Å². The van der Waals surface area contributed by atoms with Crippen molar-refractivity contribution in [2.24, 2.45) is 5.10 Å². The van der Waals surface area contributed by atoms with Gasteiger partial charge >= 0.3 is 5.97 Å². The van der Waals surface area contributed by atoms with Crippen LogP contribution in [0.5, 0.6) is 23.0 Å². The Balaban J connectivity index is 1.53. The molecule has 3 aromatic rings. The number of carbonyl (C=O) groups is 2. The molecule has 0 aliphatic carbocycles. The van der Waals surface area contributed by atoms with Crippen molar-refractivity contribution in [1.82, 2.24) is 5.43 Å². The van der Waals surface area contributed by atoms with Crippen molar-refractivity contribution < 1.29 is 28.5 Å². The second-order valence-corrected chi connectivity index (χ2v) is 8.35. The van der Waals surface area contributed by atoms with Crippen LogP contribution in [0.15, 0.2) is 65.8 Å². The van der Waals surface area contributed by atoms with Crippen LogP contribution in [0, 0.1) is 13.8 Å². The Morgan fingerprint density at radius 3 is 2.35 bits per heavy atom. The maximum atomic E-state index is 12.6. The van der Waals surface area contributed by atoms with Gasteiger partial charge in [0.05, 0.1) is 25.5 Å². The van der Waals surface area contributed by atoms with Crippen molar-refractivity contribution >= 4 is 18.1 Å². The molecule has 0 saturated heterocycles. The molecule has 0 aliphatic heterocycles. The average Bonchev–Trinajstić information content (AvgIpc) is 2.90. The predicted molar refractivity (Wildman–Crippen MR) is 142 cm³/mol. The van der Waals surface area contributed by atoms with Crippen LogP contribution in [0.25, 0.3) is 0 Å². The molecule has 0 atom stereocenters. The lowest BCUT2D eigenvalue weighted by Gasteiger charge is -2.10. The zero-order chi connectivity index (χ0) is 26.6. The molecule has 0 heterocycles. The minimum Gasteiger partial charge on any atom is -0.494 e. The number of esters is 1. The lowest BCUT2D eigenvalue weighted by atomic mass is 10.1. The number of rotatable bonds is 12. The molecule has 1 N–H and O–H groups in total. The molecule has 3 aromatic carbocycles. The largest absolute Gasteiger partial charge is 0.494 e. The standard InChI is InChI=1S/C29H32N2O6/c1-5-6-15-35-24-12-9-23(10-13-24)29(33)37-26-14-8-22(17-27(26)34-4)18-30-31-28(32)19-36-25-11-7-20(2)21(3)16-25/h7-14,16-18H,5-6,15,19H2,1-4H3,(H,31,32). The van der Waals surface area contributed by atoms with Gasteiger partial charge in [0.25, 0.3) is 5.91 Å². The first-order valence-corrected chi connectivity index (χ1v) is 12.0. The van der Waals surface area contributed by atoms with E-state index in [0.717, 1.165) is 24.0 Å². The predicted octanol–water partition coefficient (Wildman–Crippen LogP) is 5.24. The number of aryl methyl sites for hydroxylation is 2. The minimum absolute atomic E-state index is 0.163. The van der Waals surface area contributed by atoms with Gasteiger partial charge < -0.3 is 18.9 Å². The summed E-state index contributed by atoms with van der Waals surface area (Å²) < 4.78 is 22.0. The van der Waals surface area contributed by atoms with Crippen molar-refractivity contribution in [3.8, 4) is 23.0 Å². The summed E-state index contributed by atoms with van der Waals surface area (Å²) in [6, 6.07) is 17.4. The van der Waals surface area contributed by atoms with E-state index in [2.05, 4.69) is 17.5 Å². The van der Waals surface area contributed by atoms with Crippen molar-refractivity contribution in [1.29, 1.82) is 0 Å². The Hall–Kier alpha value is -4.33. The molecule has 1 amide bonds. The van der Waals surface area contributed by atoms with Crippen LogP contribution < -0.4 is 24.4 Å². The molecule has 8 heteroatoms. The van der Waals surface area contributed by atoms with E-state index in [1.165, 1.54) is 13.3 Å². The second-order valence-electron chi connectivity index (χ2n) is 8.35. The average molecular weight is 505 g/mol. The molecule has 194 valence electrons. The quantitative estimate of drug-likeness (QED) is 0.119. The topological polar surface area (TPSA) is 95.5 Å². The van der Waals surface area contributed by atoms with Gasteiger partial charge in [0.1, 0.15) is 11.5 Å². The van der Waals surface area contributed by atoms with E-state index < -0.39 is 11.9 Å². The summed E-state index contributed by atoms with van der Waals surface area (Å²) in [6.45, 7) is 6.56. The van der Waals surface area contributed by atoms with E-state index in [4.69, 9.17) is 18.9 Å². The van der Waals surface area contributed by atoms with Gasteiger partial charge in [-0.15, -0.1) is 0 Å². The Kier molecular flexibility index (Phi) is 10.1. The van der Waals surface area contributed by atoms with Crippen LogP contribution in [-0.2, 0) is 4.79 Å². The zero-order valence-electron chi connectivity index (χ0n) is 21.6. The first-order chi connectivity index (χ1) is 17.9. The fraction of sp³-hybridized carbons (Fsp3) is 0.276. The van der Waals surface area contributed by atoms with Gasteiger partial charge in [0, 0.05) is 0 Å². The number of hydrogen-bond acceptors (Lipinski definition) is 7. The number of ether oxygens (including phenoxy) is 4. The highest BCUT2D eigenvalue weighted by molar-refractivity contribution is 5.92. The molecule has 0 bridgehead atoms. The summed E-state index contributed by atoms with van der Waals surface area (Å²) in [7, 11) is 1.47. The summed E-state index contributed by atoms with van der Waals surface area (Å²) in [5.74, 6) is 1.02. The van der Waals surface area contributed by atoms with Gasteiger partial charge in [-0.3, -0.25) is 4.79 Å².